The SMILES string of the molecule is Cc1ccc(NCC(=O)Nc2cccc(C#N)c2)cc1S(=O)(=O)N1CCCCC1. The van der Waals surface area contributed by atoms with Crippen molar-refractivity contribution in [1.29, 1.82) is 5.26 Å². The Morgan fingerprint density at radius 1 is 1.10 bits per heavy atom. The van der Waals surface area contributed by atoms with Crippen LogP contribution in [0.15, 0.2) is 47.4 Å². The Hall–Kier alpha value is -2.89. The third-order valence-electron chi connectivity index (χ3n) is 4.85. The molecule has 1 aliphatic rings. The van der Waals surface area contributed by atoms with Gasteiger partial charge >= 0.3 is 0 Å². The fraction of sp³-hybridized carbons (Fsp3) is 0.333. The van der Waals surface area contributed by atoms with Gasteiger partial charge in [0.1, 0.15) is 0 Å². The van der Waals surface area contributed by atoms with Crippen LogP contribution in [0.1, 0.15) is 30.4 Å². The summed E-state index contributed by atoms with van der Waals surface area (Å²) in [7, 11) is -3.55. The van der Waals surface area contributed by atoms with Crippen LogP contribution in [0.25, 0.3) is 0 Å². The summed E-state index contributed by atoms with van der Waals surface area (Å²) in [5.74, 6) is -0.291. The number of anilines is 2. The number of carbonyl (C=O) groups is 1. The van der Waals surface area contributed by atoms with Gasteiger partial charge in [0.25, 0.3) is 0 Å². The van der Waals surface area contributed by atoms with E-state index in [4.69, 9.17) is 5.26 Å². The largest absolute Gasteiger partial charge is 0.376 e. The van der Waals surface area contributed by atoms with Gasteiger partial charge in [-0.2, -0.15) is 9.57 Å². The van der Waals surface area contributed by atoms with Crippen LogP contribution in [-0.2, 0) is 14.8 Å². The first-order valence-corrected chi connectivity index (χ1v) is 11.0. The number of hydrogen-bond acceptors (Lipinski definition) is 5. The molecule has 29 heavy (non-hydrogen) atoms. The summed E-state index contributed by atoms with van der Waals surface area (Å²) < 4.78 is 27.5. The van der Waals surface area contributed by atoms with Crippen LogP contribution in [0.4, 0.5) is 11.4 Å². The zero-order valence-corrected chi connectivity index (χ0v) is 17.1. The Balaban J connectivity index is 1.68. The van der Waals surface area contributed by atoms with Crippen LogP contribution in [0.3, 0.4) is 0 Å². The molecular formula is C21H24N4O3S. The third kappa shape index (κ3) is 5.13. The molecule has 0 spiro atoms. The highest BCUT2D eigenvalue weighted by Crippen LogP contribution is 2.26. The molecule has 3 rings (SSSR count). The Morgan fingerprint density at radius 3 is 2.59 bits per heavy atom. The van der Waals surface area contributed by atoms with E-state index in [2.05, 4.69) is 10.6 Å². The van der Waals surface area contributed by atoms with E-state index in [1.165, 1.54) is 4.31 Å². The monoisotopic (exact) mass is 412 g/mol. The maximum atomic E-state index is 13.0. The van der Waals surface area contributed by atoms with E-state index in [-0.39, 0.29) is 17.3 Å². The first kappa shape index (κ1) is 20.8. The lowest BCUT2D eigenvalue weighted by atomic mass is 10.2. The van der Waals surface area contributed by atoms with E-state index in [0.29, 0.717) is 35.6 Å². The summed E-state index contributed by atoms with van der Waals surface area (Å²) in [6.07, 6.45) is 2.81. The fourth-order valence-corrected chi connectivity index (χ4v) is 5.05. The van der Waals surface area contributed by atoms with Gasteiger partial charge in [-0.05, 0) is 55.7 Å². The summed E-state index contributed by atoms with van der Waals surface area (Å²) >= 11 is 0. The molecule has 8 heteroatoms. The quantitative estimate of drug-likeness (QED) is 0.759. The molecule has 0 aliphatic carbocycles. The molecule has 1 heterocycles. The molecule has 0 atom stereocenters. The zero-order valence-electron chi connectivity index (χ0n) is 16.3. The van der Waals surface area contributed by atoms with Crippen molar-refractivity contribution < 1.29 is 13.2 Å². The normalized spacial score (nSPS) is 14.8. The first-order valence-electron chi connectivity index (χ1n) is 9.55. The van der Waals surface area contributed by atoms with Gasteiger partial charge in [-0.15, -0.1) is 0 Å². The molecule has 1 aliphatic heterocycles. The number of piperidine rings is 1. The lowest BCUT2D eigenvalue weighted by Crippen LogP contribution is -2.36. The second kappa shape index (κ2) is 9.07. The molecule has 0 unspecified atom stereocenters. The van der Waals surface area contributed by atoms with E-state index < -0.39 is 10.0 Å². The Bertz CT molecular complexity index is 1040. The van der Waals surface area contributed by atoms with E-state index in [0.717, 1.165) is 19.3 Å². The summed E-state index contributed by atoms with van der Waals surface area (Å²) in [4.78, 5) is 12.5. The number of nitrogens with one attached hydrogen (secondary N) is 2. The minimum Gasteiger partial charge on any atom is -0.376 e. The molecule has 1 saturated heterocycles. The van der Waals surface area contributed by atoms with Crippen LogP contribution < -0.4 is 10.6 Å². The Kier molecular flexibility index (Phi) is 6.52. The van der Waals surface area contributed by atoms with E-state index in [1.807, 2.05) is 6.07 Å². The van der Waals surface area contributed by atoms with Crippen LogP contribution >= 0.6 is 0 Å². The molecule has 0 saturated carbocycles. The summed E-state index contributed by atoms with van der Waals surface area (Å²) in [5, 5.41) is 14.6. The van der Waals surface area contributed by atoms with Crippen molar-refractivity contribution in [2.45, 2.75) is 31.1 Å². The zero-order chi connectivity index (χ0) is 20.9. The van der Waals surface area contributed by atoms with Gasteiger partial charge in [-0.1, -0.05) is 18.6 Å². The predicted molar refractivity (Wildman–Crippen MR) is 112 cm³/mol. The maximum absolute atomic E-state index is 13.0. The van der Waals surface area contributed by atoms with Gasteiger partial charge in [-0.25, -0.2) is 8.42 Å². The molecule has 0 aromatic heterocycles. The van der Waals surface area contributed by atoms with Crippen molar-refractivity contribution >= 4 is 27.3 Å². The number of benzene rings is 2. The van der Waals surface area contributed by atoms with Crippen LogP contribution in [0.5, 0.6) is 0 Å². The van der Waals surface area contributed by atoms with Crippen LogP contribution in [0, 0.1) is 18.3 Å². The van der Waals surface area contributed by atoms with Gasteiger partial charge in [-0.3, -0.25) is 4.79 Å². The smallest absolute Gasteiger partial charge is 0.243 e. The molecule has 1 amide bonds. The molecule has 152 valence electrons. The summed E-state index contributed by atoms with van der Waals surface area (Å²) in [5.41, 5.74) is 2.24. The number of carbonyl (C=O) groups excluding carboxylic acids is 1. The van der Waals surface area contributed by atoms with Crippen molar-refractivity contribution in [3.05, 3.63) is 53.6 Å². The van der Waals surface area contributed by atoms with E-state index in [1.54, 1.807) is 49.4 Å². The number of aryl methyl sites for hydroxylation is 1. The molecule has 1 fully saturated rings. The molecule has 0 radical (unpaired) electrons. The highest BCUT2D eigenvalue weighted by Gasteiger charge is 2.27. The lowest BCUT2D eigenvalue weighted by molar-refractivity contribution is -0.114. The number of hydrogen-bond donors (Lipinski definition) is 2. The van der Waals surface area contributed by atoms with Crippen LogP contribution in [-0.4, -0.2) is 38.3 Å². The summed E-state index contributed by atoms with van der Waals surface area (Å²) in [6, 6.07) is 13.8. The van der Waals surface area contributed by atoms with Crippen molar-refractivity contribution in [1.82, 2.24) is 4.31 Å². The molecule has 0 bridgehead atoms. The van der Waals surface area contributed by atoms with Gasteiger partial charge in [0.15, 0.2) is 0 Å². The van der Waals surface area contributed by atoms with Crippen LogP contribution in [0.2, 0.25) is 0 Å². The van der Waals surface area contributed by atoms with Gasteiger partial charge in [0.2, 0.25) is 15.9 Å². The molecular weight excluding hydrogens is 388 g/mol. The average molecular weight is 413 g/mol. The topological polar surface area (TPSA) is 102 Å². The first-order chi connectivity index (χ1) is 13.9. The van der Waals surface area contributed by atoms with Crippen molar-refractivity contribution in [3.63, 3.8) is 0 Å². The molecule has 7 nitrogen and oxygen atoms in total. The minimum atomic E-state index is -3.55. The number of amides is 1. The van der Waals surface area contributed by atoms with E-state index in [9.17, 15) is 13.2 Å². The highest BCUT2D eigenvalue weighted by atomic mass is 32.2. The maximum Gasteiger partial charge on any atom is 0.243 e. The minimum absolute atomic E-state index is 0.0248. The number of nitriles is 1. The Morgan fingerprint density at radius 2 is 1.86 bits per heavy atom. The lowest BCUT2D eigenvalue weighted by Gasteiger charge is -2.26. The number of rotatable bonds is 6. The fourth-order valence-electron chi connectivity index (χ4n) is 3.29. The molecule has 2 aromatic carbocycles. The number of sulfonamides is 1. The molecule has 2 aromatic rings. The second-order valence-electron chi connectivity index (χ2n) is 7.04. The van der Waals surface area contributed by atoms with Crippen molar-refractivity contribution in [3.8, 4) is 6.07 Å². The van der Waals surface area contributed by atoms with Crippen molar-refractivity contribution in [2.24, 2.45) is 0 Å². The van der Waals surface area contributed by atoms with Gasteiger partial charge in [0, 0.05) is 24.5 Å². The average Bonchev–Trinajstić information content (AvgIpc) is 2.73. The predicted octanol–water partition coefficient (Wildman–Crippen LogP) is 3.09. The van der Waals surface area contributed by atoms with Gasteiger partial charge in [0.05, 0.1) is 23.1 Å². The van der Waals surface area contributed by atoms with Gasteiger partial charge < -0.3 is 10.6 Å². The Labute approximate surface area is 171 Å². The third-order valence-corrected chi connectivity index (χ3v) is 6.89. The molecule has 2 N–H and O–H groups in total. The highest BCUT2D eigenvalue weighted by molar-refractivity contribution is 7.89. The standard InChI is InChI=1S/C21H24N4O3S/c1-16-8-9-18(13-20(16)29(27,28)25-10-3-2-4-11-25)23-15-21(26)24-19-7-5-6-17(12-19)14-22/h5-9,12-13,23H,2-4,10-11,15H2,1H3,(H,24,26). The number of nitrogens with zero attached hydrogens (tertiary/aromatic N) is 2. The van der Waals surface area contributed by atoms with E-state index >= 15 is 0 Å². The second-order valence-corrected chi connectivity index (χ2v) is 8.95. The summed E-state index contributed by atoms with van der Waals surface area (Å²) in [6.45, 7) is 2.84. The van der Waals surface area contributed by atoms with Crippen molar-refractivity contribution in [2.75, 3.05) is 30.3 Å².